The first-order chi connectivity index (χ1) is 9.15. The highest BCUT2D eigenvalue weighted by Gasteiger charge is 2.17. The number of carbonyl (C=O) groups excluding carboxylic acids is 1. The van der Waals surface area contributed by atoms with Crippen LogP contribution >= 0.6 is 11.6 Å². The molecule has 1 heterocycles. The number of halogens is 1. The lowest BCUT2D eigenvalue weighted by Crippen LogP contribution is -2.07. The van der Waals surface area contributed by atoms with Gasteiger partial charge in [-0.3, -0.25) is 4.79 Å². The van der Waals surface area contributed by atoms with Crippen molar-refractivity contribution in [3.05, 3.63) is 46.6 Å². The Bertz CT molecular complexity index is 599. The van der Waals surface area contributed by atoms with Gasteiger partial charge in [-0.25, -0.2) is 0 Å². The zero-order valence-electron chi connectivity index (χ0n) is 10.4. The first kappa shape index (κ1) is 13.3. The minimum Gasteiger partial charge on any atom is -0.496 e. The Morgan fingerprint density at radius 1 is 1.11 bits per heavy atom. The van der Waals surface area contributed by atoms with Gasteiger partial charge in [0.1, 0.15) is 11.4 Å². The number of ether oxygens (including phenoxy) is 2. The fraction of sp³-hybridized carbons (Fsp3) is 0.154. The van der Waals surface area contributed by atoms with Crippen LogP contribution in [0.25, 0.3) is 0 Å². The molecule has 6 heteroatoms. The highest BCUT2D eigenvalue weighted by atomic mass is 35.5. The molecule has 98 valence electrons. The maximum absolute atomic E-state index is 12.3. The summed E-state index contributed by atoms with van der Waals surface area (Å²) in [7, 11) is 2.96. The Hall–Kier alpha value is -2.14. The molecule has 0 saturated carbocycles. The van der Waals surface area contributed by atoms with E-state index in [1.54, 1.807) is 18.2 Å². The predicted octanol–water partition coefficient (Wildman–Crippen LogP) is 2.38. The fourth-order valence-corrected chi connectivity index (χ4v) is 1.72. The predicted molar refractivity (Wildman–Crippen MR) is 70.0 cm³/mol. The van der Waals surface area contributed by atoms with E-state index in [0.29, 0.717) is 22.2 Å². The standard InChI is InChI=1S/C13H11ClN2O3/c1-18-11-5-3-8(14)7-9(11)13(17)10-4-6-12(19-2)16-15-10/h3-7H,1-2H3. The zero-order valence-corrected chi connectivity index (χ0v) is 11.1. The van der Waals surface area contributed by atoms with Gasteiger partial charge in [0.25, 0.3) is 0 Å². The lowest BCUT2D eigenvalue weighted by atomic mass is 10.1. The van der Waals surface area contributed by atoms with Crippen LogP contribution in [0.4, 0.5) is 0 Å². The van der Waals surface area contributed by atoms with Crippen molar-refractivity contribution in [2.75, 3.05) is 14.2 Å². The maximum atomic E-state index is 12.3. The van der Waals surface area contributed by atoms with Gasteiger partial charge < -0.3 is 9.47 Å². The molecule has 0 N–H and O–H groups in total. The number of hydrogen-bond acceptors (Lipinski definition) is 5. The lowest BCUT2D eigenvalue weighted by molar-refractivity contribution is 0.103. The molecule has 0 saturated heterocycles. The molecule has 0 fully saturated rings. The minimum absolute atomic E-state index is 0.196. The van der Waals surface area contributed by atoms with Crippen molar-refractivity contribution in [2.24, 2.45) is 0 Å². The molecule has 2 rings (SSSR count). The van der Waals surface area contributed by atoms with Crippen LogP contribution in [0.2, 0.25) is 5.02 Å². The van der Waals surface area contributed by atoms with E-state index in [1.807, 2.05) is 0 Å². The van der Waals surface area contributed by atoms with Crippen LogP contribution in [0.3, 0.4) is 0 Å². The molecule has 0 amide bonds. The van der Waals surface area contributed by atoms with Gasteiger partial charge in [0.05, 0.1) is 19.8 Å². The second kappa shape index (κ2) is 5.67. The van der Waals surface area contributed by atoms with Crippen molar-refractivity contribution < 1.29 is 14.3 Å². The summed E-state index contributed by atoms with van der Waals surface area (Å²) >= 11 is 5.89. The summed E-state index contributed by atoms with van der Waals surface area (Å²) in [6.45, 7) is 0. The van der Waals surface area contributed by atoms with Gasteiger partial charge >= 0.3 is 0 Å². The second-order valence-corrected chi connectivity index (χ2v) is 4.07. The van der Waals surface area contributed by atoms with Gasteiger partial charge in [-0.1, -0.05) is 11.6 Å². The summed E-state index contributed by atoms with van der Waals surface area (Å²) in [5, 5.41) is 8.01. The zero-order chi connectivity index (χ0) is 13.8. The maximum Gasteiger partial charge on any atom is 0.233 e. The van der Waals surface area contributed by atoms with E-state index in [-0.39, 0.29) is 11.5 Å². The molecule has 0 atom stereocenters. The van der Waals surface area contributed by atoms with E-state index >= 15 is 0 Å². The lowest BCUT2D eigenvalue weighted by Gasteiger charge is -2.07. The van der Waals surface area contributed by atoms with E-state index in [4.69, 9.17) is 21.1 Å². The normalized spacial score (nSPS) is 10.1. The summed E-state index contributed by atoms with van der Waals surface area (Å²) in [6.07, 6.45) is 0. The molecule has 2 aromatic rings. The van der Waals surface area contributed by atoms with Crippen LogP contribution in [-0.4, -0.2) is 30.2 Å². The van der Waals surface area contributed by atoms with E-state index < -0.39 is 0 Å². The van der Waals surface area contributed by atoms with Crippen molar-refractivity contribution in [3.63, 3.8) is 0 Å². The highest BCUT2D eigenvalue weighted by Crippen LogP contribution is 2.24. The molecule has 0 spiro atoms. The van der Waals surface area contributed by atoms with Crippen LogP contribution in [0.5, 0.6) is 11.6 Å². The van der Waals surface area contributed by atoms with E-state index in [0.717, 1.165) is 0 Å². The van der Waals surface area contributed by atoms with Crippen molar-refractivity contribution in [1.82, 2.24) is 10.2 Å². The van der Waals surface area contributed by atoms with Crippen LogP contribution in [0, 0.1) is 0 Å². The second-order valence-electron chi connectivity index (χ2n) is 3.63. The monoisotopic (exact) mass is 278 g/mol. The third kappa shape index (κ3) is 2.82. The van der Waals surface area contributed by atoms with Gasteiger partial charge in [-0.2, -0.15) is 0 Å². The first-order valence-corrected chi connectivity index (χ1v) is 5.79. The van der Waals surface area contributed by atoms with Gasteiger partial charge in [-0.15, -0.1) is 10.2 Å². The van der Waals surface area contributed by atoms with Gasteiger partial charge in [0.15, 0.2) is 0 Å². The Morgan fingerprint density at radius 3 is 2.47 bits per heavy atom. The molecule has 0 aliphatic rings. The smallest absolute Gasteiger partial charge is 0.233 e. The van der Waals surface area contributed by atoms with Gasteiger partial charge in [0.2, 0.25) is 11.7 Å². The SMILES string of the molecule is COc1ccc(C(=O)c2cc(Cl)ccc2OC)nn1. The number of carbonyl (C=O) groups is 1. The Kier molecular flexibility index (Phi) is 3.97. The summed E-state index contributed by atoms with van der Waals surface area (Å²) in [4.78, 5) is 12.3. The quantitative estimate of drug-likeness (QED) is 0.804. The average molecular weight is 279 g/mol. The minimum atomic E-state index is -0.311. The summed E-state index contributed by atoms with van der Waals surface area (Å²) in [6, 6.07) is 7.92. The van der Waals surface area contributed by atoms with Gasteiger partial charge in [-0.05, 0) is 24.3 Å². The van der Waals surface area contributed by atoms with Gasteiger partial charge in [0, 0.05) is 11.1 Å². The number of methoxy groups -OCH3 is 2. The van der Waals surface area contributed by atoms with Crippen LogP contribution in [0.15, 0.2) is 30.3 Å². The number of ketones is 1. The van der Waals surface area contributed by atoms with E-state index in [9.17, 15) is 4.79 Å². The number of aromatic nitrogens is 2. The average Bonchev–Trinajstić information content (AvgIpc) is 2.46. The molecule has 5 nitrogen and oxygen atoms in total. The van der Waals surface area contributed by atoms with Crippen LogP contribution < -0.4 is 9.47 Å². The van der Waals surface area contributed by atoms with Crippen molar-refractivity contribution in [1.29, 1.82) is 0 Å². The number of benzene rings is 1. The molecule has 0 bridgehead atoms. The molecule has 19 heavy (non-hydrogen) atoms. The van der Waals surface area contributed by atoms with Crippen molar-refractivity contribution in [3.8, 4) is 11.6 Å². The molecule has 1 aromatic carbocycles. The molecule has 0 radical (unpaired) electrons. The molecule has 0 unspecified atom stereocenters. The molecule has 0 aliphatic heterocycles. The summed E-state index contributed by atoms with van der Waals surface area (Å²) in [5.41, 5.74) is 0.538. The molecular weight excluding hydrogens is 268 g/mol. The molecular formula is C13H11ClN2O3. The topological polar surface area (TPSA) is 61.3 Å². The van der Waals surface area contributed by atoms with E-state index in [2.05, 4.69) is 10.2 Å². The third-order valence-electron chi connectivity index (χ3n) is 2.49. The number of rotatable bonds is 4. The van der Waals surface area contributed by atoms with Crippen molar-refractivity contribution in [2.45, 2.75) is 0 Å². The largest absolute Gasteiger partial charge is 0.496 e. The van der Waals surface area contributed by atoms with E-state index in [1.165, 1.54) is 26.4 Å². The molecule has 1 aromatic heterocycles. The number of nitrogens with zero attached hydrogens (tertiary/aromatic N) is 2. The first-order valence-electron chi connectivity index (χ1n) is 5.41. The van der Waals surface area contributed by atoms with Crippen molar-refractivity contribution >= 4 is 17.4 Å². The summed E-state index contributed by atoms with van der Waals surface area (Å²) < 4.78 is 10.0. The molecule has 0 aliphatic carbocycles. The third-order valence-corrected chi connectivity index (χ3v) is 2.72. The Labute approximate surface area is 115 Å². The van der Waals surface area contributed by atoms with Crippen LogP contribution in [-0.2, 0) is 0 Å². The Morgan fingerprint density at radius 2 is 1.89 bits per heavy atom. The summed E-state index contributed by atoms with van der Waals surface area (Å²) in [5.74, 6) is 0.469. The highest BCUT2D eigenvalue weighted by molar-refractivity contribution is 6.31. The van der Waals surface area contributed by atoms with Crippen LogP contribution in [0.1, 0.15) is 16.1 Å². The number of hydrogen-bond donors (Lipinski definition) is 0. The Balaban J connectivity index is 2.40. The fourth-order valence-electron chi connectivity index (χ4n) is 1.55.